The number of pyridine rings is 1. The van der Waals surface area contributed by atoms with Gasteiger partial charge in [0.1, 0.15) is 0 Å². The first-order valence-electron chi connectivity index (χ1n) is 6.38. The number of aliphatic hydroxyl groups is 1. The lowest BCUT2D eigenvalue weighted by Gasteiger charge is -2.22. The maximum Gasteiger partial charge on any atom is 0.0810 e. The van der Waals surface area contributed by atoms with Crippen LogP contribution in [0.25, 0.3) is 10.9 Å². The van der Waals surface area contributed by atoms with Crippen molar-refractivity contribution in [1.29, 1.82) is 0 Å². The second kappa shape index (κ2) is 3.95. The molecule has 1 aliphatic rings. The number of rotatable bonds is 1. The molecule has 0 aliphatic carbocycles. The summed E-state index contributed by atoms with van der Waals surface area (Å²) in [6, 6.07) is 8.30. The maximum atomic E-state index is 10.1. The van der Waals surface area contributed by atoms with Crippen LogP contribution < -0.4 is 4.90 Å². The summed E-state index contributed by atoms with van der Waals surface area (Å²) < 4.78 is 0. The predicted molar refractivity (Wildman–Crippen MR) is 73.9 cm³/mol. The molecular formula is C15H18N2O. The van der Waals surface area contributed by atoms with Gasteiger partial charge in [-0.1, -0.05) is 18.2 Å². The predicted octanol–water partition coefficient (Wildman–Crippen LogP) is 2.50. The van der Waals surface area contributed by atoms with Crippen LogP contribution in [0.5, 0.6) is 0 Å². The third kappa shape index (κ3) is 1.85. The molecule has 0 spiro atoms. The minimum Gasteiger partial charge on any atom is -0.388 e. The van der Waals surface area contributed by atoms with Gasteiger partial charge in [0.05, 0.1) is 11.1 Å². The van der Waals surface area contributed by atoms with E-state index in [4.69, 9.17) is 0 Å². The van der Waals surface area contributed by atoms with Crippen LogP contribution in [0.3, 0.4) is 0 Å². The van der Waals surface area contributed by atoms with Crippen LogP contribution in [-0.2, 0) is 0 Å². The first kappa shape index (κ1) is 11.5. The second-order valence-electron chi connectivity index (χ2n) is 5.47. The number of aromatic nitrogens is 1. The Morgan fingerprint density at radius 2 is 2.17 bits per heavy atom. The Bertz CT molecular complexity index is 592. The molecule has 1 unspecified atom stereocenters. The van der Waals surface area contributed by atoms with E-state index in [1.807, 2.05) is 19.2 Å². The monoisotopic (exact) mass is 242 g/mol. The number of para-hydroxylation sites is 1. The number of hydrogen-bond acceptors (Lipinski definition) is 3. The van der Waals surface area contributed by atoms with E-state index in [0.29, 0.717) is 6.54 Å². The zero-order valence-corrected chi connectivity index (χ0v) is 10.8. The van der Waals surface area contributed by atoms with Gasteiger partial charge in [0.15, 0.2) is 0 Å². The molecule has 1 aromatic heterocycles. The molecule has 1 saturated heterocycles. The fraction of sp³-hybridized carbons (Fsp3) is 0.400. The average Bonchev–Trinajstić information content (AvgIpc) is 2.70. The molecule has 0 bridgehead atoms. The van der Waals surface area contributed by atoms with Gasteiger partial charge in [0, 0.05) is 30.4 Å². The Balaban J connectivity index is 2.10. The van der Waals surface area contributed by atoms with Crippen molar-refractivity contribution < 1.29 is 5.11 Å². The molecule has 3 nitrogen and oxygen atoms in total. The lowest BCUT2D eigenvalue weighted by Crippen LogP contribution is -2.29. The number of fused-ring (bicyclic) bond motifs is 1. The van der Waals surface area contributed by atoms with Crippen molar-refractivity contribution in [2.24, 2.45) is 0 Å². The summed E-state index contributed by atoms with van der Waals surface area (Å²) >= 11 is 0. The molecule has 3 heteroatoms. The second-order valence-corrected chi connectivity index (χ2v) is 5.47. The normalized spacial score (nSPS) is 23.8. The average molecular weight is 242 g/mol. The summed E-state index contributed by atoms with van der Waals surface area (Å²) in [5.41, 5.74) is 2.86. The third-order valence-electron chi connectivity index (χ3n) is 3.74. The molecule has 1 aromatic carbocycles. The molecule has 18 heavy (non-hydrogen) atoms. The zero-order chi connectivity index (χ0) is 12.8. The van der Waals surface area contributed by atoms with Crippen molar-refractivity contribution >= 4 is 16.6 Å². The van der Waals surface area contributed by atoms with Crippen LogP contribution in [0.15, 0.2) is 30.5 Å². The van der Waals surface area contributed by atoms with Crippen LogP contribution in [0, 0.1) is 6.92 Å². The van der Waals surface area contributed by atoms with E-state index >= 15 is 0 Å². The Kier molecular flexibility index (Phi) is 2.52. The van der Waals surface area contributed by atoms with Crippen LogP contribution in [-0.4, -0.2) is 28.8 Å². The summed E-state index contributed by atoms with van der Waals surface area (Å²) in [7, 11) is 0. The lowest BCUT2D eigenvalue weighted by molar-refractivity contribution is 0.0839. The molecule has 94 valence electrons. The zero-order valence-electron chi connectivity index (χ0n) is 10.8. The van der Waals surface area contributed by atoms with Gasteiger partial charge in [-0.15, -0.1) is 0 Å². The number of β-amino-alcohol motifs (C(OH)–C–C–N with tert-alkyl or cyclic N) is 1. The highest BCUT2D eigenvalue weighted by atomic mass is 16.3. The number of aryl methyl sites for hydroxylation is 1. The highest BCUT2D eigenvalue weighted by molar-refractivity contribution is 5.93. The van der Waals surface area contributed by atoms with E-state index in [1.54, 1.807) is 0 Å². The number of nitrogens with zero attached hydrogens (tertiary/aromatic N) is 2. The largest absolute Gasteiger partial charge is 0.388 e. The fourth-order valence-electron chi connectivity index (χ4n) is 2.74. The van der Waals surface area contributed by atoms with Gasteiger partial charge in [-0.25, -0.2) is 0 Å². The summed E-state index contributed by atoms with van der Waals surface area (Å²) in [4.78, 5) is 6.71. The summed E-state index contributed by atoms with van der Waals surface area (Å²) in [6.07, 6.45) is 2.68. The van der Waals surface area contributed by atoms with Crippen molar-refractivity contribution in [2.45, 2.75) is 25.9 Å². The van der Waals surface area contributed by atoms with Gasteiger partial charge < -0.3 is 10.0 Å². The highest BCUT2D eigenvalue weighted by Gasteiger charge is 2.32. The van der Waals surface area contributed by atoms with Gasteiger partial charge >= 0.3 is 0 Å². The Morgan fingerprint density at radius 3 is 2.89 bits per heavy atom. The molecule has 3 rings (SSSR count). The topological polar surface area (TPSA) is 36.4 Å². The van der Waals surface area contributed by atoms with Crippen molar-refractivity contribution in [2.75, 3.05) is 18.0 Å². The molecule has 0 radical (unpaired) electrons. The molecule has 2 heterocycles. The number of benzene rings is 1. The molecule has 2 aromatic rings. The van der Waals surface area contributed by atoms with E-state index in [1.165, 1.54) is 16.6 Å². The quantitative estimate of drug-likeness (QED) is 0.834. The van der Waals surface area contributed by atoms with Gasteiger partial charge in [0.25, 0.3) is 0 Å². The smallest absolute Gasteiger partial charge is 0.0810 e. The van der Waals surface area contributed by atoms with Crippen molar-refractivity contribution in [3.05, 3.63) is 36.0 Å². The maximum absolute atomic E-state index is 10.1. The van der Waals surface area contributed by atoms with Gasteiger partial charge in [-0.2, -0.15) is 0 Å². The molecule has 1 N–H and O–H groups in total. The molecular weight excluding hydrogens is 224 g/mol. The summed E-state index contributed by atoms with van der Waals surface area (Å²) in [5.74, 6) is 0. The van der Waals surface area contributed by atoms with Crippen LogP contribution in [0.1, 0.15) is 18.9 Å². The molecule has 0 amide bonds. The number of anilines is 1. The Labute approximate surface area is 107 Å². The first-order valence-corrected chi connectivity index (χ1v) is 6.38. The SMILES string of the molecule is Cc1cccc2c(N3CCC(C)(O)C3)ccnc12. The molecule has 1 aliphatic heterocycles. The van der Waals surface area contributed by atoms with E-state index in [0.717, 1.165) is 18.5 Å². The van der Waals surface area contributed by atoms with Crippen LogP contribution in [0.4, 0.5) is 5.69 Å². The Morgan fingerprint density at radius 1 is 1.33 bits per heavy atom. The van der Waals surface area contributed by atoms with Gasteiger partial charge in [-0.05, 0) is 31.9 Å². The summed E-state index contributed by atoms with van der Waals surface area (Å²) in [6.45, 7) is 5.58. The Hall–Kier alpha value is -1.61. The minimum absolute atomic E-state index is 0.570. The van der Waals surface area contributed by atoms with Crippen molar-refractivity contribution in [3.63, 3.8) is 0 Å². The van der Waals surface area contributed by atoms with Gasteiger partial charge in [-0.3, -0.25) is 4.98 Å². The molecule has 1 fully saturated rings. The first-order chi connectivity index (χ1) is 8.57. The van der Waals surface area contributed by atoms with Crippen LogP contribution in [0.2, 0.25) is 0 Å². The summed E-state index contributed by atoms with van der Waals surface area (Å²) in [5, 5.41) is 11.3. The molecule has 0 saturated carbocycles. The number of hydrogen-bond donors (Lipinski definition) is 1. The van der Waals surface area contributed by atoms with Crippen molar-refractivity contribution in [3.8, 4) is 0 Å². The van der Waals surface area contributed by atoms with E-state index < -0.39 is 5.60 Å². The third-order valence-corrected chi connectivity index (χ3v) is 3.74. The lowest BCUT2D eigenvalue weighted by atomic mass is 10.1. The van der Waals surface area contributed by atoms with E-state index in [-0.39, 0.29) is 0 Å². The van der Waals surface area contributed by atoms with E-state index in [9.17, 15) is 5.11 Å². The van der Waals surface area contributed by atoms with Crippen molar-refractivity contribution in [1.82, 2.24) is 4.98 Å². The standard InChI is InChI=1S/C15H18N2O/c1-11-4-3-5-12-13(6-8-16-14(11)12)17-9-7-15(2,18)10-17/h3-6,8,18H,7,9-10H2,1-2H3. The fourth-order valence-corrected chi connectivity index (χ4v) is 2.74. The van der Waals surface area contributed by atoms with E-state index in [2.05, 4.69) is 35.0 Å². The van der Waals surface area contributed by atoms with Gasteiger partial charge in [0.2, 0.25) is 0 Å². The molecule has 1 atom stereocenters. The highest BCUT2D eigenvalue weighted by Crippen LogP contribution is 2.32. The van der Waals surface area contributed by atoms with Crippen LogP contribution >= 0.6 is 0 Å². The minimum atomic E-state index is -0.570.